The highest BCUT2D eigenvalue weighted by atomic mass is 19.4. The minimum absolute atomic E-state index is 0.0151. The fourth-order valence-corrected chi connectivity index (χ4v) is 4.57. The normalized spacial score (nSPS) is 43.7. The van der Waals surface area contributed by atoms with Crippen molar-refractivity contribution in [1.29, 1.82) is 0 Å². The molecule has 0 aromatic carbocycles. The molecule has 1 heterocycles. The van der Waals surface area contributed by atoms with Gasteiger partial charge in [-0.1, -0.05) is 13.8 Å². The van der Waals surface area contributed by atoms with Gasteiger partial charge in [0, 0.05) is 6.04 Å². The van der Waals surface area contributed by atoms with E-state index in [1.165, 1.54) is 0 Å². The SMILES string of the molecule is CC1(C)[C@H]2C[C@@H]3[C@@H](CC(O)N3C(=O)C(F)(F)F)[C@@H]1C2. The molecule has 1 N–H and O–H groups in total. The van der Waals surface area contributed by atoms with Crippen LogP contribution in [0.4, 0.5) is 13.2 Å². The smallest absolute Gasteiger partial charge is 0.373 e. The number of nitrogens with zero attached hydrogens (tertiary/aromatic N) is 1. The Bertz CT molecular complexity index is 421. The van der Waals surface area contributed by atoms with Crippen molar-refractivity contribution in [2.75, 3.05) is 0 Å². The van der Waals surface area contributed by atoms with Gasteiger partial charge in [0.05, 0.1) is 0 Å². The summed E-state index contributed by atoms with van der Waals surface area (Å²) in [4.78, 5) is 12.1. The summed E-state index contributed by atoms with van der Waals surface area (Å²) in [5, 5.41) is 9.87. The Morgan fingerprint density at radius 3 is 2.42 bits per heavy atom. The number of aliphatic hydroxyl groups is 1. The summed E-state index contributed by atoms with van der Waals surface area (Å²) in [7, 11) is 0. The molecule has 108 valence electrons. The molecule has 0 aromatic heterocycles. The molecule has 2 bridgehead atoms. The Morgan fingerprint density at radius 2 is 1.89 bits per heavy atom. The second-order valence-corrected chi connectivity index (χ2v) is 6.75. The third-order valence-corrected chi connectivity index (χ3v) is 5.72. The van der Waals surface area contributed by atoms with Crippen LogP contribution in [-0.2, 0) is 4.79 Å². The summed E-state index contributed by atoms with van der Waals surface area (Å²) >= 11 is 0. The van der Waals surface area contributed by atoms with Crippen molar-refractivity contribution in [1.82, 2.24) is 4.90 Å². The largest absolute Gasteiger partial charge is 0.471 e. The Kier molecular flexibility index (Phi) is 2.54. The molecule has 1 amide bonds. The molecule has 3 nitrogen and oxygen atoms in total. The van der Waals surface area contributed by atoms with Crippen LogP contribution in [0.25, 0.3) is 0 Å². The minimum Gasteiger partial charge on any atom is -0.373 e. The summed E-state index contributed by atoms with van der Waals surface area (Å²) in [6, 6.07) is -0.430. The van der Waals surface area contributed by atoms with Crippen LogP contribution in [0, 0.1) is 23.2 Å². The molecule has 19 heavy (non-hydrogen) atoms. The van der Waals surface area contributed by atoms with E-state index in [0.29, 0.717) is 23.2 Å². The van der Waals surface area contributed by atoms with Crippen LogP contribution < -0.4 is 0 Å². The van der Waals surface area contributed by atoms with E-state index < -0.39 is 24.4 Å². The van der Waals surface area contributed by atoms with Crippen LogP contribution in [-0.4, -0.2) is 34.4 Å². The first-order valence-corrected chi connectivity index (χ1v) is 6.71. The van der Waals surface area contributed by atoms with E-state index in [4.69, 9.17) is 0 Å². The summed E-state index contributed by atoms with van der Waals surface area (Å²) < 4.78 is 37.8. The van der Waals surface area contributed by atoms with E-state index in [1.807, 2.05) is 0 Å². The third kappa shape index (κ3) is 1.65. The van der Waals surface area contributed by atoms with Gasteiger partial charge in [-0.2, -0.15) is 13.2 Å². The molecule has 3 saturated carbocycles. The van der Waals surface area contributed by atoms with E-state index in [9.17, 15) is 23.1 Å². The van der Waals surface area contributed by atoms with Gasteiger partial charge >= 0.3 is 12.1 Å². The lowest BCUT2D eigenvalue weighted by Gasteiger charge is -2.61. The van der Waals surface area contributed by atoms with Gasteiger partial charge in [0.1, 0.15) is 6.23 Å². The third-order valence-electron chi connectivity index (χ3n) is 5.72. The monoisotopic (exact) mass is 277 g/mol. The van der Waals surface area contributed by atoms with Crippen LogP contribution in [0.5, 0.6) is 0 Å². The van der Waals surface area contributed by atoms with Crippen molar-refractivity contribution < 1.29 is 23.1 Å². The van der Waals surface area contributed by atoms with Crippen LogP contribution in [0.1, 0.15) is 33.1 Å². The number of alkyl halides is 3. The average Bonchev–Trinajstić information content (AvgIpc) is 2.61. The van der Waals surface area contributed by atoms with Crippen molar-refractivity contribution in [3.8, 4) is 0 Å². The zero-order chi connectivity index (χ0) is 14.2. The highest BCUT2D eigenvalue weighted by Gasteiger charge is 2.64. The maximum Gasteiger partial charge on any atom is 0.471 e. The molecule has 0 spiro atoms. The zero-order valence-electron chi connectivity index (χ0n) is 10.9. The van der Waals surface area contributed by atoms with Gasteiger partial charge in [-0.15, -0.1) is 0 Å². The lowest BCUT2D eigenvalue weighted by atomic mass is 9.44. The Morgan fingerprint density at radius 1 is 1.26 bits per heavy atom. The van der Waals surface area contributed by atoms with Gasteiger partial charge < -0.3 is 10.0 Å². The van der Waals surface area contributed by atoms with Gasteiger partial charge in [-0.05, 0) is 42.4 Å². The van der Waals surface area contributed by atoms with Gasteiger partial charge in [-0.3, -0.25) is 4.79 Å². The molecule has 0 aromatic rings. The molecule has 5 atom stereocenters. The number of aliphatic hydroxyl groups excluding tert-OH is 1. The van der Waals surface area contributed by atoms with E-state index in [2.05, 4.69) is 13.8 Å². The van der Waals surface area contributed by atoms with Crippen molar-refractivity contribution >= 4 is 5.91 Å². The lowest BCUT2D eigenvalue weighted by Crippen LogP contribution is -2.60. The molecule has 1 saturated heterocycles. The van der Waals surface area contributed by atoms with E-state index in [0.717, 1.165) is 6.42 Å². The predicted octanol–water partition coefficient (Wildman–Crippen LogP) is 2.15. The highest BCUT2D eigenvalue weighted by Crippen LogP contribution is 2.64. The molecule has 4 aliphatic rings. The van der Waals surface area contributed by atoms with E-state index >= 15 is 0 Å². The highest BCUT2D eigenvalue weighted by molar-refractivity contribution is 5.82. The van der Waals surface area contributed by atoms with Crippen LogP contribution in [0.2, 0.25) is 0 Å². The van der Waals surface area contributed by atoms with Gasteiger partial charge in [0.25, 0.3) is 0 Å². The van der Waals surface area contributed by atoms with Crippen molar-refractivity contribution in [2.24, 2.45) is 23.2 Å². The first-order chi connectivity index (χ1) is 8.64. The topological polar surface area (TPSA) is 40.5 Å². The molecule has 6 heteroatoms. The van der Waals surface area contributed by atoms with Crippen LogP contribution in [0.3, 0.4) is 0 Å². The first-order valence-electron chi connectivity index (χ1n) is 6.71. The molecule has 1 aliphatic heterocycles. The molecule has 3 aliphatic carbocycles. The second kappa shape index (κ2) is 3.65. The van der Waals surface area contributed by atoms with Crippen molar-refractivity contribution in [2.45, 2.75) is 51.6 Å². The molecule has 4 rings (SSSR count). The number of hydrogen-bond acceptors (Lipinski definition) is 2. The van der Waals surface area contributed by atoms with Crippen LogP contribution >= 0.6 is 0 Å². The second-order valence-electron chi connectivity index (χ2n) is 6.75. The summed E-state index contributed by atoms with van der Waals surface area (Å²) in [5.74, 6) is -1.17. The number of amides is 1. The molecule has 1 unspecified atom stereocenters. The number of carbonyl (C=O) groups excluding carboxylic acids is 1. The van der Waals surface area contributed by atoms with Crippen molar-refractivity contribution in [3.05, 3.63) is 0 Å². The molecular formula is C13H18F3NO2. The number of halogens is 3. The zero-order valence-corrected chi connectivity index (χ0v) is 10.9. The Labute approximate surface area is 109 Å². The van der Waals surface area contributed by atoms with Gasteiger partial charge in [-0.25, -0.2) is 0 Å². The summed E-state index contributed by atoms with van der Waals surface area (Å²) in [6.07, 6.45) is -4.28. The van der Waals surface area contributed by atoms with E-state index in [1.54, 1.807) is 0 Å². The average molecular weight is 277 g/mol. The number of carbonyl (C=O) groups is 1. The molecular weight excluding hydrogens is 259 g/mol. The fraction of sp³-hybridized carbons (Fsp3) is 0.923. The lowest BCUT2D eigenvalue weighted by molar-refractivity contribution is -0.199. The quantitative estimate of drug-likeness (QED) is 0.737. The van der Waals surface area contributed by atoms with Crippen molar-refractivity contribution in [3.63, 3.8) is 0 Å². The number of hydrogen-bond donors (Lipinski definition) is 1. The summed E-state index contributed by atoms with van der Waals surface area (Å²) in [5.41, 5.74) is 0.137. The van der Waals surface area contributed by atoms with Gasteiger partial charge in [0.2, 0.25) is 0 Å². The van der Waals surface area contributed by atoms with Gasteiger partial charge in [0.15, 0.2) is 0 Å². The molecule has 0 radical (unpaired) electrons. The van der Waals surface area contributed by atoms with E-state index in [-0.39, 0.29) is 17.8 Å². The van der Waals surface area contributed by atoms with Crippen LogP contribution in [0.15, 0.2) is 0 Å². The summed E-state index contributed by atoms with van der Waals surface area (Å²) in [6.45, 7) is 4.28. The molecule has 4 fully saturated rings. The maximum absolute atomic E-state index is 12.6. The Hall–Kier alpha value is -0.780. The Balaban J connectivity index is 1.85. The maximum atomic E-state index is 12.6. The minimum atomic E-state index is -4.90. The fourth-order valence-electron chi connectivity index (χ4n) is 4.57. The number of likely N-dealkylation sites (tertiary alicyclic amines) is 1. The predicted molar refractivity (Wildman–Crippen MR) is 60.8 cm³/mol. The standard InChI is InChI=1S/C13H18F3NO2/c1-12(2)6-3-8(12)7-5-10(18)17(9(7)4-6)11(19)13(14,15)16/h6-10,18H,3-5H2,1-2H3/t6-,7+,8+,9-,10?/m1/s1. The number of rotatable bonds is 0. The first kappa shape index (κ1) is 13.2.